The summed E-state index contributed by atoms with van der Waals surface area (Å²) >= 11 is 1.62. The fourth-order valence-electron chi connectivity index (χ4n) is 1.57. The molecule has 0 aromatic heterocycles. The molecule has 1 aromatic rings. The fourth-order valence-corrected chi connectivity index (χ4v) is 1.98. The molecule has 0 saturated heterocycles. The van der Waals surface area contributed by atoms with Gasteiger partial charge >= 0.3 is 12.1 Å². The number of anilines is 1. The van der Waals surface area contributed by atoms with Crippen LogP contribution in [0, 0.1) is 0 Å². The SMILES string of the molecule is COC(=O)N=C(N(C)C)N(C)C(=O)Nc1ccc(SC)cc1. The number of guanidine groups is 1. The molecule has 0 aliphatic carbocycles. The topological polar surface area (TPSA) is 74.2 Å². The van der Waals surface area contributed by atoms with Crippen molar-refractivity contribution in [2.24, 2.45) is 4.99 Å². The Labute approximate surface area is 134 Å². The van der Waals surface area contributed by atoms with Crippen molar-refractivity contribution in [2.45, 2.75) is 4.90 Å². The Morgan fingerprint density at radius 2 is 1.77 bits per heavy atom. The lowest BCUT2D eigenvalue weighted by atomic mass is 10.3. The molecule has 0 aliphatic heterocycles. The molecule has 0 aliphatic rings. The number of carbonyl (C=O) groups excluding carboxylic acids is 2. The Bertz CT molecular complexity index is 558. The monoisotopic (exact) mass is 324 g/mol. The second-order valence-corrected chi connectivity index (χ2v) is 5.37. The number of rotatable bonds is 2. The van der Waals surface area contributed by atoms with E-state index >= 15 is 0 Å². The quantitative estimate of drug-likeness (QED) is 0.514. The number of aliphatic imine (C=N–C) groups is 1. The molecule has 1 rings (SSSR count). The van der Waals surface area contributed by atoms with E-state index in [0.717, 1.165) is 4.90 Å². The zero-order valence-corrected chi connectivity index (χ0v) is 14.1. The number of methoxy groups -OCH3 is 1. The zero-order chi connectivity index (χ0) is 16.7. The summed E-state index contributed by atoms with van der Waals surface area (Å²) in [4.78, 5) is 31.1. The molecular formula is C14H20N4O3S. The maximum atomic E-state index is 12.2. The number of ether oxygens (including phenoxy) is 1. The van der Waals surface area contributed by atoms with E-state index in [1.54, 1.807) is 30.8 Å². The van der Waals surface area contributed by atoms with Crippen molar-refractivity contribution in [1.82, 2.24) is 9.80 Å². The number of nitrogens with zero attached hydrogens (tertiary/aromatic N) is 3. The molecule has 0 bridgehead atoms. The van der Waals surface area contributed by atoms with Gasteiger partial charge in [-0.1, -0.05) is 0 Å². The van der Waals surface area contributed by atoms with E-state index in [1.165, 1.54) is 19.1 Å². The van der Waals surface area contributed by atoms with Gasteiger partial charge < -0.3 is 15.0 Å². The highest BCUT2D eigenvalue weighted by atomic mass is 32.2. The molecule has 0 radical (unpaired) electrons. The third-order valence-electron chi connectivity index (χ3n) is 2.71. The molecule has 0 spiro atoms. The van der Waals surface area contributed by atoms with E-state index in [2.05, 4.69) is 15.0 Å². The van der Waals surface area contributed by atoms with Gasteiger partial charge in [0.2, 0.25) is 5.96 Å². The number of thioether (sulfide) groups is 1. The number of hydrogen-bond acceptors (Lipinski definition) is 4. The summed E-state index contributed by atoms with van der Waals surface area (Å²) in [5.74, 6) is 0.171. The Hall–Kier alpha value is -2.22. The highest BCUT2D eigenvalue weighted by Crippen LogP contribution is 2.17. The third kappa shape index (κ3) is 4.96. The maximum Gasteiger partial charge on any atom is 0.436 e. The maximum absolute atomic E-state index is 12.2. The van der Waals surface area contributed by atoms with Crippen LogP contribution in [0.4, 0.5) is 15.3 Å². The van der Waals surface area contributed by atoms with Gasteiger partial charge in [0, 0.05) is 31.7 Å². The summed E-state index contributed by atoms with van der Waals surface area (Å²) in [6.07, 6.45) is 1.21. The van der Waals surface area contributed by atoms with Crippen LogP contribution in [-0.4, -0.2) is 62.4 Å². The van der Waals surface area contributed by atoms with Gasteiger partial charge in [0.25, 0.3) is 0 Å². The fraction of sp³-hybridized carbons (Fsp3) is 0.357. The highest BCUT2D eigenvalue weighted by Gasteiger charge is 2.18. The average molecular weight is 324 g/mol. The first-order valence-electron chi connectivity index (χ1n) is 6.41. The minimum Gasteiger partial charge on any atom is -0.451 e. The smallest absolute Gasteiger partial charge is 0.436 e. The van der Waals surface area contributed by atoms with Gasteiger partial charge in [-0.3, -0.25) is 4.90 Å². The summed E-state index contributed by atoms with van der Waals surface area (Å²) in [6.45, 7) is 0. The first kappa shape index (κ1) is 17.8. The van der Waals surface area contributed by atoms with Gasteiger partial charge in [-0.25, -0.2) is 9.59 Å². The number of hydrogen-bond donors (Lipinski definition) is 1. The number of benzene rings is 1. The standard InChI is InChI=1S/C14H20N4O3S/c1-17(2)12(16-14(20)21-4)18(3)13(19)15-10-6-8-11(22-5)9-7-10/h6-9H,1-5H3,(H,15,19). The summed E-state index contributed by atoms with van der Waals surface area (Å²) in [6, 6.07) is 7.04. The number of carbonyl (C=O) groups is 2. The highest BCUT2D eigenvalue weighted by molar-refractivity contribution is 7.98. The van der Waals surface area contributed by atoms with Crippen LogP contribution in [0.2, 0.25) is 0 Å². The van der Waals surface area contributed by atoms with Gasteiger partial charge in [-0.15, -0.1) is 16.8 Å². The molecule has 3 amide bonds. The molecule has 0 fully saturated rings. The van der Waals surface area contributed by atoms with Crippen LogP contribution in [0.3, 0.4) is 0 Å². The van der Waals surface area contributed by atoms with Gasteiger partial charge in [0.15, 0.2) is 0 Å². The minimum atomic E-state index is -0.771. The van der Waals surface area contributed by atoms with Crippen molar-refractivity contribution in [2.75, 3.05) is 39.8 Å². The van der Waals surface area contributed by atoms with Crippen LogP contribution < -0.4 is 5.32 Å². The Morgan fingerprint density at radius 3 is 2.23 bits per heavy atom. The first-order chi connectivity index (χ1) is 10.4. The van der Waals surface area contributed by atoms with E-state index in [1.807, 2.05) is 30.5 Å². The van der Waals surface area contributed by atoms with Crippen LogP contribution in [0.15, 0.2) is 34.2 Å². The molecule has 120 valence electrons. The van der Waals surface area contributed by atoms with Crippen molar-refractivity contribution >= 4 is 35.5 Å². The first-order valence-corrected chi connectivity index (χ1v) is 7.64. The van der Waals surface area contributed by atoms with Crippen molar-refractivity contribution < 1.29 is 14.3 Å². The zero-order valence-electron chi connectivity index (χ0n) is 13.3. The van der Waals surface area contributed by atoms with E-state index < -0.39 is 12.1 Å². The van der Waals surface area contributed by atoms with Gasteiger partial charge in [0.05, 0.1) is 7.11 Å². The normalized spacial score (nSPS) is 10.9. The lowest BCUT2D eigenvalue weighted by Gasteiger charge is -2.24. The Kier molecular flexibility index (Phi) is 6.71. The third-order valence-corrected chi connectivity index (χ3v) is 3.46. The molecule has 0 saturated carbocycles. The average Bonchev–Trinajstić information content (AvgIpc) is 2.51. The van der Waals surface area contributed by atoms with Crippen molar-refractivity contribution in [3.05, 3.63) is 24.3 Å². The molecule has 1 N–H and O–H groups in total. The summed E-state index contributed by atoms with van der Waals surface area (Å²) < 4.78 is 4.49. The molecular weight excluding hydrogens is 304 g/mol. The lowest BCUT2D eigenvalue weighted by Crippen LogP contribution is -2.44. The predicted octanol–water partition coefficient (Wildman–Crippen LogP) is 2.56. The largest absolute Gasteiger partial charge is 0.451 e. The van der Waals surface area contributed by atoms with Crippen LogP contribution in [0.1, 0.15) is 0 Å². The summed E-state index contributed by atoms with van der Waals surface area (Å²) in [5, 5.41) is 2.74. The summed E-state index contributed by atoms with van der Waals surface area (Å²) in [5.41, 5.74) is 0.658. The van der Waals surface area contributed by atoms with Crippen molar-refractivity contribution in [3.63, 3.8) is 0 Å². The lowest BCUT2D eigenvalue weighted by molar-refractivity contribution is 0.181. The number of nitrogens with one attached hydrogen (secondary N) is 1. The summed E-state index contributed by atoms with van der Waals surface area (Å²) in [7, 11) is 6.11. The van der Waals surface area contributed by atoms with E-state index in [9.17, 15) is 9.59 Å². The Morgan fingerprint density at radius 1 is 1.18 bits per heavy atom. The van der Waals surface area contributed by atoms with Crippen LogP contribution >= 0.6 is 11.8 Å². The van der Waals surface area contributed by atoms with E-state index in [4.69, 9.17) is 0 Å². The Balaban J connectivity index is 2.84. The van der Waals surface area contributed by atoms with Crippen LogP contribution in [0.25, 0.3) is 0 Å². The molecule has 7 nitrogen and oxygen atoms in total. The minimum absolute atomic E-state index is 0.171. The number of urea groups is 1. The second kappa shape index (κ2) is 8.28. The number of amides is 3. The van der Waals surface area contributed by atoms with Gasteiger partial charge in [-0.2, -0.15) is 0 Å². The van der Waals surface area contributed by atoms with E-state index in [0.29, 0.717) is 5.69 Å². The molecule has 8 heteroatoms. The van der Waals surface area contributed by atoms with Gasteiger partial charge in [0.1, 0.15) is 0 Å². The van der Waals surface area contributed by atoms with Gasteiger partial charge in [-0.05, 0) is 30.5 Å². The van der Waals surface area contributed by atoms with E-state index in [-0.39, 0.29) is 5.96 Å². The van der Waals surface area contributed by atoms with Crippen LogP contribution in [-0.2, 0) is 4.74 Å². The molecule has 22 heavy (non-hydrogen) atoms. The van der Waals surface area contributed by atoms with Crippen molar-refractivity contribution in [3.8, 4) is 0 Å². The molecule has 0 atom stereocenters. The second-order valence-electron chi connectivity index (χ2n) is 4.49. The molecule has 0 unspecified atom stereocenters. The molecule has 0 heterocycles. The molecule has 1 aromatic carbocycles. The predicted molar refractivity (Wildman–Crippen MR) is 88.5 cm³/mol. The van der Waals surface area contributed by atoms with Crippen LogP contribution in [0.5, 0.6) is 0 Å². The van der Waals surface area contributed by atoms with Crippen molar-refractivity contribution in [1.29, 1.82) is 0 Å².